The molecule has 8 nitrogen and oxygen atoms in total. The van der Waals surface area contributed by atoms with E-state index in [1.54, 1.807) is 7.11 Å². The summed E-state index contributed by atoms with van der Waals surface area (Å²) < 4.78 is 7.13. The van der Waals surface area contributed by atoms with Crippen LogP contribution in [0.4, 0.5) is 5.69 Å². The first-order chi connectivity index (χ1) is 12.6. The molecular formula is C18H25N5O3. The summed E-state index contributed by atoms with van der Waals surface area (Å²) in [6.07, 6.45) is 1.83. The highest BCUT2D eigenvalue weighted by Crippen LogP contribution is 2.27. The highest BCUT2D eigenvalue weighted by atomic mass is 16.5. The normalized spacial score (nSPS) is 15.8. The van der Waals surface area contributed by atoms with E-state index in [1.165, 1.54) is 0 Å². The van der Waals surface area contributed by atoms with E-state index < -0.39 is 0 Å². The van der Waals surface area contributed by atoms with E-state index in [9.17, 15) is 9.90 Å². The minimum atomic E-state index is -0.106. The second kappa shape index (κ2) is 8.29. The molecule has 0 bridgehead atoms. The molecule has 1 aromatic carbocycles. The molecule has 0 unspecified atom stereocenters. The minimum Gasteiger partial charge on any atom is -0.495 e. The van der Waals surface area contributed by atoms with Crippen molar-refractivity contribution in [1.82, 2.24) is 19.7 Å². The number of anilines is 1. The summed E-state index contributed by atoms with van der Waals surface area (Å²) in [5.74, 6) is 2.41. The van der Waals surface area contributed by atoms with Gasteiger partial charge in [-0.1, -0.05) is 12.1 Å². The maximum atomic E-state index is 12.3. The fourth-order valence-electron chi connectivity index (χ4n) is 3.36. The first kappa shape index (κ1) is 18.3. The number of ether oxygens (including phenoxy) is 1. The number of aliphatic hydroxyl groups is 1. The van der Waals surface area contributed by atoms with Gasteiger partial charge in [0.05, 0.1) is 19.3 Å². The second-order valence-corrected chi connectivity index (χ2v) is 6.49. The average Bonchev–Trinajstić information content (AvgIpc) is 3.03. The van der Waals surface area contributed by atoms with E-state index in [0.29, 0.717) is 29.7 Å². The van der Waals surface area contributed by atoms with Crippen LogP contribution in [0.15, 0.2) is 24.3 Å². The number of amides is 1. The number of hydrogen-bond donors (Lipinski definition) is 2. The van der Waals surface area contributed by atoms with Crippen LogP contribution in [-0.4, -0.2) is 57.4 Å². The number of aliphatic hydroxyl groups excluding tert-OH is 1. The van der Waals surface area contributed by atoms with Crippen LogP contribution < -0.4 is 10.1 Å². The highest BCUT2D eigenvalue weighted by Gasteiger charge is 2.26. The number of benzene rings is 1. The van der Waals surface area contributed by atoms with Gasteiger partial charge < -0.3 is 19.7 Å². The van der Waals surface area contributed by atoms with Crippen LogP contribution >= 0.6 is 0 Å². The number of carbonyl (C=O) groups excluding carboxylic acids is 1. The Labute approximate surface area is 152 Å². The van der Waals surface area contributed by atoms with Gasteiger partial charge in [-0.2, -0.15) is 0 Å². The van der Waals surface area contributed by atoms with Crippen molar-refractivity contribution < 1.29 is 14.6 Å². The summed E-state index contributed by atoms with van der Waals surface area (Å²) in [5.41, 5.74) is 0.686. The van der Waals surface area contributed by atoms with E-state index >= 15 is 0 Å². The molecule has 8 heteroatoms. The van der Waals surface area contributed by atoms with Gasteiger partial charge in [0.2, 0.25) is 5.91 Å². The molecule has 1 fully saturated rings. The molecule has 2 aromatic rings. The molecule has 1 amide bonds. The molecule has 1 saturated heterocycles. The van der Waals surface area contributed by atoms with Crippen molar-refractivity contribution in [3.8, 4) is 5.75 Å². The monoisotopic (exact) mass is 359 g/mol. The Bertz CT molecular complexity index is 753. The third-order valence-electron chi connectivity index (χ3n) is 4.84. The quantitative estimate of drug-likeness (QED) is 0.803. The zero-order valence-corrected chi connectivity index (χ0v) is 15.2. The smallest absolute Gasteiger partial charge is 0.238 e. The lowest BCUT2D eigenvalue weighted by atomic mass is 9.96. The molecule has 26 heavy (non-hydrogen) atoms. The standard InChI is InChI=1S/C18H25N5O3/c1-22-16(12-24)20-21-18(22)13-7-9-23(10-8-13)11-17(25)19-14-5-3-4-6-15(14)26-2/h3-6,13,24H,7-12H2,1-2H3,(H,19,25). The van der Waals surface area contributed by atoms with Gasteiger partial charge in [0.25, 0.3) is 0 Å². The van der Waals surface area contributed by atoms with Crippen LogP contribution in [0.1, 0.15) is 30.4 Å². The Hall–Kier alpha value is -2.45. The number of para-hydroxylation sites is 2. The van der Waals surface area contributed by atoms with Crippen LogP contribution in [-0.2, 0) is 18.4 Å². The van der Waals surface area contributed by atoms with E-state index in [-0.39, 0.29) is 12.5 Å². The van der Waals surface area contributed by atoms with E-state index in [0.717, 1.165) is 31.8 Å². The summed E-state index contributed by atoms with van der Waals surface area (Å²) in [7, 11) is 3.47. The highest BCUT2D eigenvalue weighted by molar-refractivity contribution is 5.93. The topological polar surface area (TPSA) is 92.5 Å². The van der Waals surface area contributed by atoms with Crippen LogP contribution in [0, 0.1) is 0 Å². The molecule has 0 atom stereocenters. The fraction of sp³-hybridized carbons (Fsp3) is 0.500. The van der Waals surface area contributed by atoms with Crippen molar-refractivity contribution >= 4 is 11.6 Å². The number of methoxy groups -OCH3 is 1. The predicted molar refractivity (Wildman–Crippen MR) is 97.0 cm³/mol. The molecule has 3 rings (SSSR count). The molecule has 140 valence electrons. The largest absolute Gasteiger partial charge is 0.495 e. The Balaban J connectivity index is 1.52. The van der Waals surface area contributed by atoms with Gasteiger partial charge in [0.15, 0.2) is 5.82 Å². The lowest BCUT2D eigenvalue weighted by molar-refractivity contribution is -0.117. The Morgan fingerprint density at radius 2 is 2.04 bits per heavy atom. The summed E-state index contributed by atoms with van der Waals surface area (Å²) in [6, 6.07) is 7.39. The molecule has 0 spiro atoms. The zero-order chi connectivity index (χ0) is 18.5. The van der Waals surface area contributed by atoms with E-state index in [2.05, 4.69) is 20.4 Å². The van der Waals surface area contributed by atoms with Gasteiger partial charge in [-0.05, 0) is 38.1 Å². The van der Waals surface area contributed by atoms with E-state index in [4.69, 9.17) is 4.74 Å². The Kier molecular flexibility index (Phi) is 5.85. The van der Waals surface area contributed by atoms with Crippen molar-refractivity contribution in [2.24, 2.45) is 7.05 Å². The number of hydrogen-bond acceptors (Lipinski definition) is 6. The first-order valence-corrected chi connectivity index (χ1v) is 8.76. The summed E-state index contributed by atoms with van der Waals surface area (Å²) in [4.78, 5) is 14.5. The molecule has 2 N–H and O–H groups in total. The molecular weight excluding hydrogens is 334 g/mol. The molecule has 1 aliphatic heterocycles. The number of nitrogens with one attached hydrogen (secondary N) is 1. The molecule has 1 aliphatic rings. The number of nitrogens with zero attached hydrogens (tertiary/aromatic N) is 4. The van der Waals surface area contributed by atoms with Crippen molar-refractivity contribution in [2.45, 2.75) is 25.4 Å². The predicted octanol–water partition coefficient (Wildman–Crippen LogP) is 1.13. The average molecular weight is 359 g/mol. The van der Waals surface area contributed by atoms with Crippen LogP contribution in [0.3, 0.4) is 0 Å². The second-order valence-electron chi connectivity index (χ2n) is 6.49. The van der Waals surface area contributed by atoms with Crippen molar-refractivity contribution in [1.29, 1.82) is 0 Å². The molecule has 1 aromatic heterocycles. The minimum absolute atomic E-state index is 0.0471. The lowest BCUT2D eigenvalue weighted by Gasteiger charge is -2.30. The molecule has 0 aliphatic carbocycles. The zero-order valence-electron chi connectivity index (χ0n) is 15.2. The fourth-order valence-corrected chi connectivity index (χ4v) is 3.36. The SMILES string of the molecule is COc1ccccc1NC(=O)CN1CCC(c2nnc(CO)n2C)CC1. The van der Waals surface area contributed by atoms with Crippen molar-refractivity contribution in [3.63, 3.8) is 0 Å². The maximum absolute atomic E-state index is 12.3. The summed E-state index contributed by atoms with van der Waals surface area (Å²) >= 11 is 0. The number of likely N-dealkylation sites (tertiary alicyclic amines) is 1. The number of rotatable bonds is 6. The van der Waals surface area contributed by atoms with Crippen molar-refractivity contribution in [2.75, 3.05) is 32.1 Å². The van der Waals surface area contributed by atoms with Crippen LogP contribution in [0.25, 0.3) is 0 Å². The van der Waals surface area contributed by atoms with Gasteiger partial charge in [-0.25, -0.2) is 0 Å². The first-order valence-electron chi connectivity index (χ1n) is 8.76. The van der Waals surface area contributed by atoms with Gasteiger partial charge in [0.1, 0.15) is 18.2 Å². The summed E-state index contributed by atoms with van der Waals surface area (Å²) in [6.45, 7) is 1.90. The third-order valence-corrected chi connectivity index (χ3v) is 4.84. The van der Waals surface area contributed by atoms with Crippen LogP contribution in [0.2, 0.25) is 0 Å². The molecule has 0 radical (unpaired) electrons. The molecule has 2 heterocycles. The Morgan fingerprint density at radius 1 is 1.31 bits per heavy atom. The maximum Gasteiger partial charge on any atom is 0.238 e. The van der Waals surface area contributed by atoms with Gasteiger partial charge in [0, 0.05) is 13.0 Å². The number of carbonyl (C=O) groups is 1. The third kappa shape index (κ3) is 4.03. The lowest BCUT2D eigenvalue weighted by Crippen LogP contribution is -2.39. The van der Waals surface area contributed by atoms with Gasteiger partial charge in [-0.15, -0.1) is 10.2 Å². The van der Waals surface area contributed by atoms with Gasteiger partial charge >= 0.3 is 0 Å². The van der Waals surface area contributed by atoms with Gasteiger partial charge in [-0.3, -0.25) is 9.69 Å². The van der Waals surface area contributed by atoms with Crippen molar-refractivity contribution in [3.05, 3.63) is 35.9 Å². The number of aromatic nitrogens is 3. The summed E-state index contributed by atoms with van der Waals surface area (Å²) in [5, 5.41) is 20.4. The number of piperidine rings is 1. The molecule has 0 saturated carbocycles. The van der Waals surface area contributed by atoms with Crippen LogP contribution in [0.5, 0.6) is 5.75 Å². The Morgan fingerprint density at radius 3 is 2.69 bits per heavy atom. The van der Waals surface area contributed by atoms with E-state index in [1.807, 2.05) is 35.9 Å².